The lowest BCUT2D eigenvalue weighted by molar-refractivity contribution is 0.204. The van der Waals surface area contributed by atoms with Crippen molar-refractivity contribution < 1.29 is 4.74 Å². The minimum absolute atomic E-state index is 0.114. The fourth-order valence-electron chi connectivity index (χ4n) is 5.43. The third-order valence-electron chi connectivity index (χ3n) is 7.16. The summed E-state index contributed by atoms with van der Waals surface area (Å²) >= 11 is 0. The third kappa shape index (κ3) is 4.07. The fraction of sp³-hybridized carbons (Fsp3) is 0.333. The van der Waals surface area contributed by atoms with Crippen molar-refractivity contribution in [2.45, 2.75) is 38.5 Å². The van der Waals surface area contributed by atoms with Gasteiger partial charge in [-0.3, -0.25) is 18.9 Å². The summed E-state index contributed by atoms with van der Waals surface area (Å²) < 4.78 is 9.53. The van der Waals surface area contributed by atoms with Crippen LogP contribution in [0, 0.1) is 5.92 Å². The summed E-state index contributed by atoms with van der Waals surface area (Å²) in [6.07, 6.45) is 7.83. The van der Waals surface area contributed by atoms with E-state index in [-0.39, 0.29) is 5.56 Å². The van der Waals surface area contributed by atoms with Crippen LogP contribution in [0.5, 0.6) is 5.75 Å². The molecule has 1 saturated heterocycles. The zero-order chi connectivity index (χ0) is 22.2. The van der Waals surface area contributed by atoms with Crippen molar-refractivity contribution in [3.05, 3.63) is 89.0 Å². The first kappa shape index (κ1) is 20.2. The van der Waals surface area contributed by atoms with Crippen molar-refractivity contribution in [1.29, 1.82) is 0 Å². The van der Waals surface area contributed by atoms with Crippen LogP contribution in [0.2, 0.25) is 0 Å². The molecule has 0 radical (unpaired) electrons. The normalized spacial score (nSPS) is 20.0. The van der Waals surface area contributed by atoms with Crippen LogP contribution in [0.25, 0.3) is 16.6 Å². The van der Waals surface area contributed by atoms with Crippen LogP contribution in [0.3, 0.4) is 0 Å². The van der Waals surface area contributed by atoms with Gasteiger partial charge >= 0.3 is 0 Å². The van der Waals surface area contributed by atoms with Crippen molar-refractivity contribution in [3.8, 4) is 11.4 Å². The molecule has 2 aliphatic rings. The van der Waals surface area contributed by atoms with Gasteiger partial charge in [-0.2, -0.15) is 5.10 Å². The molecule has 6 heteroatoms. The maximum Gasteiger partial charge on any atom is 0.258 e. The summed E-state index contributed by atoms with van der Waals surface area (Å²) in [4.78, 5) is 15.4. The fourth-order valence-corrected chi connectivity index (χ4v) is 5.43. The summed E-state index contributed by atoms with van der Waals surface area (Å²) in [6.45, 7) is 3.65. The number of pyridine rings is 1. The number of piperidine rings is 1. The number of ether oxygens (including phenoxy) is 1. The highest BCUT2D eigenvalue weighted by Crippen LogP contribution is 2.37. The van der Waals surface area contributed by atoms with Gasteiger partial charge in [0.15, 0.2) is 0 Å². The van der Waals surface area contributed by atoms with Crippen LogP contribution in [0.4, 0.5) is 0 Å². The Labute approximate surface area is 193 Å². The second kappa shape index (κ2) is 8.52. The number of aromatic nitrogens is 3. The summed E-state index contributed by atoms with van der Waals surface area (Å²) in [5, 5.41) is 5.67. The first-order chi connectivity index (χ1) is 16.2. The number of nitrogens with zero attached hydrogens (tertiary/aromatic N) is 4. The van der Waals surface area contributed by atoms with E-state index in [1.165, 1.54) is 25.8 Å². The lowest BCUT2D eigenvalue weighted by atomic mass is 10.1. The summed E-state index contributed by atoms with van der Waals surface area (Å²) in [6, 6.07) is 20.2. The molecule has 3 heterocycles. The smallest absolute Gasteiger partial charge is 0.258 e. The number of rotatable bonds is 7. The molecule has 6 rings (SSSR count). The van der Waals surface area contributed by atoms with E-state index in [1.807, 2.05) is 54.7 Å². The average Bonchev–Trinajstić information content (AvgIpc) is 3.58. The molecule has 168 valence electrons. The van der Waals surface area contributed by atoms with Gasteiger partial charge in [-0.1, -0.05) is 30.3 Å². The van der Waals surface area contributed by atoms with E-state index in [0.29, 0.717) is 12.4 Å². The van der Waals surface area contributed by atoms with Gasteiger partial charge in [-0.05, 0) is 55.0 Å². The Bertz CT molecular complexity index is 1330. The van der Waals surface area contributed by atoms with Crippen LogP contribution >= 0.6 is 0 Å². The molecular formula is C27H28N4O2. The van der Waals surface area contributed by atoms with Gasteiger partial charge in [0.2, 0.25) is 0 Å². The minimum atomic E-state index is -0.114. The molecule has 4 aromatic rings. The lowest BCUT2D eigenvalue weighted by Crippen LogP contribution is -2.34. The topological polar surface area (TPSA) is 52.3 Å². The van der Waals surface area contributed by atoms with Crippen LogP contribution in [-0.2, 0) is 13.2 Å². The van der Waals surface area contributed by atoms with Gasteiger partial charge in [0, 0.05) is 42.5 Å². The van der Waals surface area contributed by atoms with Crippen molar-refractivity contribution in [2.24, 2.45) is 5.92 Å². The van der Waals surface area contributed by atoms with E-state index < -0.39 is 0 Å². The lowest BCUT2D eigenvalue weighted by Gasteiger charge is -2.26. The van der Waals surface area contributed by atoms with Crippen molar-refractivity contribution in [1.82, 2.24) is 19.2 Å². The van der Waals surface area contributed by atoms with E-state index in [0.717, 1.165) is 47.2 Å². The average molecular weight is 441 g/mol. The molecular weight excluding hydrogens is 412 g/mol. The molecule has 1 aliphatic heterocycles. The van der Waals surface area contributed by atoms with Gasteiger partial charge in [0.05, 0.1) is 18.3 Å². The Hall–Kier alpha value is -3.38. The predicted molar refractivity (Wildman–Crippen MR) is 129 cm³/mol. The molecule has 2 unspecified atom stereocenters. The van der Waals surface area contributed by atoms with E-state index >= 15 is 0 Å². The van der Waals surface area contributed by atoms with Crippen LogP contribution in [0.15, 0.2) is 77.9 Å². The Morgan fingerprint density at radius 2 is 1.91 bits per heavy atom. The third-order valence-corrected chi connectivity index (χ3v) is 7.16. The van der Waals surface area contributed by atoms with Crippen molar-refractivity contribution in [3.63, 3.8) is 0 Å². The summed E-state index contributed by atoms with van der Waals surface area (Å²) in [5.41, 5.74) is 2.90. The van der Waals surface area contributed by atoms with Gasteiger partial charge in [-0.25, -0.2) is 0 Å². The van der Waals surface area contributed by atoms with Gasteiger partial charge < -0.3 is 4.74 Å². The molecule has 2 aromatic carbocycles. The van der Waals surface area contributed by atoms with Crippen LogP contribution in [-0.4, -0.2) is 38.4 Å². The monoisotopic (exact) mass is 440 g/mol. The highest BCUT2D eigenvalue weighted by atomic mass is 16.5. The molecule has 2 fully saturated rings. The van der Waals surface area contributed by atoms with Crippen molar-refractivity contribution >= 4 is 10.9 Å². The molecule has 1 saturated carbocycles. The Morgan fingerprint density at radius 3 is 2.70 bits per heavy atom. The number of likely N-dealkylation sites (tertiary alicyclic amines) is 1. The predicted octanol–water partition coefficient (Wildman–Crippen LogP) is 4.25. The molecule has 1 aliphatic carbocycles. The van der Waals surface area contributed by atoms with Gasteiger partial charge in [0.1, 0.15) is 12.4 Å². The van der Waals surface area contributed by atoms with E-state index in [9.17, 15) is 4.79 Å². The highest BCUT2D eigenvalue weighted by molar-refractivity contribution is 5.80. The standard InChI is InChI=1S/C27H28N4O2/c32-27-16-25(33-19-20-4-2-1-3-5-20)10-11-30(27)24-8-9-26-22(15-24)17-28-31(26)13-12-29-18-21-6-7-23(29)14-21/h1-5,8-11,15-17,21,23H,6-7,12-14,18-19H2. The number of benzene rings is 2. The Morgan fingerprint density at radius 1 is 1.00 bits per heavy atom. The first-order valence-corrected chi connectivity index (χ1v) is 11.8. The van der Waals surface area contributed by atoms with E-state index in [4.69, 9.17) is 4.74 Å². The summed E-state index contributed by atoms with van der Waals surface area (Å²) in [5.74, 6) is 1.49. The molecule has 33 heavy (non-hydrogen) atoms. The quantitative estimate of drug-likeness (QED) is 0.431. The molecule has 0 N–H and O–H groups in total. The first-order valence-electron chi connectivity index (χ1n) is 11.8. The highest BCUT2D eigenvalue weighted by Gasteiger charge is 2.37. The Balaban J connectivity index is 1.16. The molecule has 0 amide bonds. The molecule has 2 atom stereocenters. The van der Waals surface area contributed by atoms with Crippen molar-refractivity contribution in [2.75, 3.05) is 13.1 Å². The van der Waals surface area contributed by atoms with Gasteiger partial charge in [-0.15, -0.1) is 0 Å². The van der Waals surface area contributed by atoms with E-state index in [2.05, 4.69) is 20.7 Å². The van der Waals surface area contributed by atoms with Crippen LogP contribution < -0.4 is 10.3 Å². The molecule has 2 bridgehead atoms. The largest absolute Gasteiger partial charge is 0.489 e. The zero-order valence-electron chi connectivity index (χ0n) is 18.6. The number of hydrogen-bond donors (Lipinski definition) is 0. The SMILES string of the molecule is O=c1cc(OCc2ccccc2)ccn1-c1ccc2c(cnn2CCN2CC3CCC2C3)c1. The second-order valence-electron chi connectivity index (χ2n) is 9.28. The Kier molecular flexibility index (Phi) is 5.23. The second-order valence-corrected chi connectivity index (χ2v) is 9.28. The number of fused-ring (bicyclic) bond motifs is 3. The molecule has 6 nitrogen and oxygen atoms in total. The summed E-state index contributed by atoms with van der Waals surface area (Å²) in [7, 11) is 0. The maximum atomic E-state index is 12.8. The minimum Gasteiger partial charge on any atom is -0.489 e. The maximum absolute atomic E-state index is 12.8. The zero-order valence-corrected chi connectivity index (χ0v) is 18.6. The molecule has 0 spiro atoms. The van der Waals surface area contributed by atoms with E-state index in [1.54, 1.807) is 16.8 Å². The molecule has 2 aromatic heterocycles. The number of hydrogen-bond acceptors (Lipinski definition) is 4. The van der Waals surface area contributed by atoms with Gasteiger partial charge in [0.25, 0.3) is 5.56 Å². The van der Waals surface area contributed by atoms with Crippen LogP contribution in [0.1, 0.15) is 24.8 Å².